The van der Waals surface area contributed by atoms with Crippen molar-refractivity contribution in [1.29, 1.82) is 0 Å². The lowest BCUT2D eigenvalue weighted by molar-refractivity contribution is -0.577. The number of pyridine rings is 1. The predicted molar refractivity (Wildman–Crippen MR) is 52.5 cm³/mol. The molecule has 0 radical (unpaired) electrons. The van der Waals surface area contributed by atoms with Crippen molar-refractivity contribution >= 4 is 22.5 Å². The molecule has 0 bridgehead atoms. The van der Waals surface area contributed by atoms with Crippen LogP contribution in [0.3, 0.4) is 0 Å². The average molecular weight is 194 g/mol. The zero-order valence-corrected chi connectivity index (χ0v) is 7.66. The van der Waals surface area contributed by atoms with E-state index in [4.69, 9.17) is 11.6 Å². The first-order valence-corrected chi connectivity index (χ1v) is 4.51. The lowest BCUT2D eigenvalue weighted by Crippen LogP contribution is -2.25. The molecule has 0 aliphatic rings. The van der Waals surface area contributed by atoms with E-state index in [1.807, 2.05) is 18.2 Å². The van der Waals surface area contributed by atoms with Crippen molar-refractivity contribution in [3.63, 3.8) is 0 Å². The standard InChI is InChI=1S/C10H8ClNO/c11-7-8-3-4-10-9(6-8)2-1-5-12(10)13/h1-6H,7H2. The highest BCUT2D eigenvalue weighted by molar-refractivity contribution is 6.17. The Morgan fingerprint density at radius 2 is 2.15 bits per heavy atom. The highest BCUT2D eigenvalue weighted by Gasteiger charge is 2.02. The molecule has 0 aliphatic heterocycles. The quantitative estimate of drug-likeness (QED) is 0.388. The summed E-state index contributed by atoms with van der Waals surface area (Å²) in [6.45, 7) is 0. The van der Waals surface area contributed by atoms with E-state index in [-0.39, 0.29) is 0 Å². The summed E-state index contributed by atoms with van der Waals surface area (Å²) in [6.07, 6.45) is 1.49. The fraction of sp³-hybridized carbons (Fsp3) is 0.100. The Morgan fingerprint density at radius 1 is 1.31 bits per heavy atom. The molecule has 2 aromatic rings. The fourth-order valence-electron chi connectivity index (χ4n) is 1.33. The molecule has 0 fully saturated rings. The minimum absolute atomic E-state index is 0.476. The predicted octanol–water partition coefficient (Wildman–Crippen LogP) is 2.21. The molecule has 2 nitrogen and oxygen atoms in total. The van der Waals surface area contributed by atoms with Gasteiger partial charge in [-0.05, 0) is 17.7 Å². The Kier molecular flexibility index (Phi) is 2.07. The van der Waals surface area contributed by atoms with Crippen molar-refractivity contribution < 1.29 is 4.73 Å². The van der Waals surface area contributed by atoms with Gasteiger partial charge in [-0.25, -0.2) is 0 Å². The first-order valence-electron chi connectivity index (χ1n) is 3.98. The van der Waals surface area contributed by atoms with E-state index in [1.54, 1.807) is 12.1 Å². The Balaban J connectivity index is 2.72. The molecule has 0 spiro atoms. The van der Waals surface area contributed by atoms with Crippen LogP contribution in [0.5, 0.6) is 0 Å². The Hall–Kier alpha value is -1.28. The second-order valence-corrected chi connectivity index (χ2v) is 3.13. The van der Waals surface area contributed by atoms with Crippen molar-refractivity contribution in [3.8, 4) is 0 Å². The van der Waals surface area contributed by atoms with Gasteiger partial charge in [0.15, 0.2) is 6.20 Å². The fourth-order valence-corrected chi connectivity index (χ4v) is 1.49. The minimum atomic E-state index is 0.476. The van der Waals surface area contributed by atoms with Crippen molar-refractivity contribution in [2.45, 2.75) is 5.88 Å². The average Bonchev–Trinajstić information content (AvgIpc) is 2.18. The smallest absolute Gasteiger partial charge is 0.223 e. The van der Waals surface area contributed by atoms with Gasteiger partial charge in [-0.2, -0.15) is 4.73 Å². The van der Waals surface area contributed by atoms with E-state index in [0.29, 0.717) is 11.4 Å². The monoisotopic (exact) mass is 193 g/mol. The second kappa shape index (κ2) is 3.23. The molecule has 0 saturated heterocycles. The molecule has 0 unspecified atom stereocenters. The maximum atomic E-state index is 11.3. The van der Waals surface area contributed by atoms with E-state index in [2.05, 4.69) is 0 Å². The van der Waals surface area contributed by atoms with Crippen molar-refractivity contribution in [1.82, 2.24) is 0 Å². The van der Waals surface area contributed by atoms with Gasteiger partial charge in [0, 0.05) is 23.4 Å². The van der Waals surface area contributed by atoms with Crippen LogP contribution in [0.2, 0.25) is 0 Å². The Labute approximate surface area is 81.0 Å². The topological polar surface area (TPSA) is 26.9 Å². The number of alkyl halides is 1. The summed E-state index contributed by atoms with van der Waals surface area (Å²) in [5.74, 6) is 0.476. The van der Waals surface area contributed by atoms with Gasteiger partial charge in [-0.15, -0.1) is 11.6 Å². The number of hydrogen-bond donors (Lipinski definition) is 0. The largest absolute Gasteiger partial charge is 0.618 e. The summed E-state index contributed by atoms with van der Waals surface area (Å²) in [4.78, 5) is 0. The van der Waals surface area contributed by atoms with Crippen LogP contribution in [-0.4, -0.2) is 0 Å². The number of benzene rings is 1. The summed E-state index contributed by atoms with van der Waals surface area (Å²) in [7, 11) is 0. The molecule has 0 atom stereocenters. The zero-order chi connectivity index (χ0) is 9.26. The Morgan fingerprint density at radius 3 is 2.92 bits per heavy atom. The summed E-state index contributed by atoms with van der Waals surface area (Å²) >= 11 is 5.68. The normalized spacial score (nSPS) is 10.5. The lowest BCUT2D eigenvalue weighted by atomic mass is 10.1. The van der Waals surface area contributed by atoms with Gasteiger partial charge in [0.05, 0.1) is 0 Å². The molecule has 1 aromatic carbocycles. The second-order valence-electron chi connectivity index (χ2n) is 2.86. The van der Waals surface area contributed by atoms with E-state index < -0.39 is 0 Å². The maximum absolute atomic E-state index is 11.3. The molecule has 0 amide bonds. The third-order valence-corrected chi connectivity index (χ3v) is 2.29. The van der Waals surface area contributed by atoms with Gasteiger partial charge in [0.2, 0.25) is 5.52 Å². The molecular weight excluding hydrogens is 186 g/mol. The summed E-state index contributed by atoms with van der Waals surface area (Å²) < 4.78 is 0.855. The number of aromatic nitrogens is 1. The van der Waals surface area contributed by atoms with Crippen LogP contribution in [0.4, 0.5) is 0 Å². The Bertz CT molecular complexity index is 442. The summed E-state index contributed by atoms with van der Waals surface area (Å²) in [5.41, 5.74) is 1.71. The van der Waals surface area contributed by atoms with E-state index >= 15 is 0 Å². The molecule has 0 saturated carbocycles. The number of halogens is 1. The van der Waals surface area contributed by atoms with Gasteiger partial charge in [0.1, 0.15) is 0 Å². The molecule has 1 aromatic heterocycles. The first kappa shape index (κ1) is 8.32. The number of hydrogen-bond acceptors (Lipinski definition) is 1. The van der Waals surface area contributed by atoms with Crippen LogP contribution >= 0.6 is 11.6 Å². The molecule has 2 rings (SSSR count). The third kappa shape index (κ3) is 1.45. The maximum Gasteiger partial charge on any atom is 0.223 e. The van der Waals surface area contributed by atoms with Crippen LogP contribution in [0, 0.1) is 5.21 Å². The van der Waals surface area contributed by atoms with Crippen LogP contribution in [0.1, 0.15) is 5.56 Å². The van der Waals surface area contributed by atoms with Gasteiger partial charge in [-0.3, -0.25) is 0 Å². The van der Waals surface area contributed by atoms with Gasteiger partial charge in [-0.1, -0.05) is 6.07 Å². The SMILES string of the molecule is [O-][n+]1cccc2cc(CCl)ccc21. The molecule has 1 heterocycles. The third-order valence-electron chi connectivity index (χ3n) is 1.98. The van der Waals surface area contributed by atoms with E-state index in [0.717, 1.165) is 15.7 Å². The number of fused-ring (bicyclic) bond motifs is 1. The van der Waals surface area contributed by atoms with E-state index in [1.165, 1.54) is 6.20 Å². The summed E-state index contributed by atoms with van der Waals surface area (Å²) in [5, 5.41) is 12.2. The molecular formula is C10H8ClNO. The van der Waals surface area contributed by atoms with Crippen LogP contribution in [-0.2, 0) is 5.88 Å². The highest BCUT2D eigenvalue weighted by Crippen LogP contribution is 2.13. The number of rotatable bonds is 1. The minimum Gasteiger partial charge on any atom is -0.618 e. The van der Waals surface area contributed by atoms with Crippen LogP contribution in [0.15, 0.2) is 36.5 Å². The van der Waals surface area contributed by atoms with Gasteiger partial charge in [0.25, 0.3) is 0 Å². The van der Waals surface area contributed by atoms with Crippen LogP contribution in [0.25, 0.3) is 10.9 Å². The van der Waals surface area contributed by atoms with Crippen LogP contribution < -0.4 is 4.73 Å². The molecule has 0 aliphatic carbocycles. The molecule has 66 valence electrons. The van der Waals surface area contributed by atoms with Crippen molar-refractivity contribution in [2.75, 3.05) is 0 Å². The lowest BCUT2D eigenvalue weighted by Gasteiger charge is -2.01. The molecule has 13 heavy (non-hydrogen) atoms. The van der Waals surface area contributed by atoms with Crippen molar-refractivity contribution in [2.24, 2.45) is 0 Å². The van der Waals surface area contributed by atoms with E-state index in [9.17, 15) is 5.21 Å². The first-order chi connectivity index (χ1) is 6.31. The zero-order valence-electron chi connectivity index (χ0n) is 6.90. The van der Waals surface area contributed by atoms with Gasteiger partial charge >= 0.3 is 0 Å². The van der Waals surface area contributed by atoms with Crippen molar-refractivity contribution in [3.05, 3.63) is 47.3 Å². The molecule has 0 N–H and O–H groups in total. The molecule has 3 heteroatoms. The number of nitrogens with zero attached hydrogens (tertiary/aromatic N) is 1. The van der Waals surface area contributed by atoms with Gasteiger partial charge < -0.3 is 5.21 Å². The highest BCUT2D eigenvalue weighted by atomic mass is 35.5. The summed E-state index contributed by atoms with van der Waals surface area (Å²) in [6, 6.07) is 9.22.